The van der Waals surface area contributed by atoms with Crippen LogP contribution in [-0.4, -0.2) is 47.7 Å². The van der Waals surface area contributed by atoms with Gasteiger partial charge in [-0.05, 0) is 53.2 Å². The van der Waals surface area contributed by atoms with Crippen LogP contribution in [0.25, 0.3) is 6.08 Å². The Morgan fingerprint density at radius 1 is 1.00 bits per heavy atom. The van der Waals surface area contributed by atoms with Gasteiger partial charge in [0, 0.05) is 12.1 Å². The molecule has 3 aromatic rings. The van der Waals surface area contributed by atoms with Gasteiger partial charge in [-0.15, -0.1) is 0 Å². The van der Waals surface area contributed by atoms with Crippen molar-refractivity contribution in [1.82, 2.24) is 4.90 Å². The number of carbonyl (C=O) groups excluding carboxylic acids is 3. The third kappa shape index (κ3) is 6.54. The highest BCUT2D eigenvalue weighted by Crippen LogP contribution is 2.35. The first-order valence-electron chi connectivity index (χ1n) is 11.5. The van der Waals surface area contributed by atoms with Gasteiger partial charge in [0.1, 0.15) is 5.75 Å². The summed E-state index contributed by atoms with van der Waals surface area (Å²) >= 11 is 0.795. The van der Waals surface area contributed by atoms with Gasteiger partial charge < -0.3 is 19.5 Å². The topological polar surface area (TPSA) is 137 Å². The maximum atomic E-state index is 12.9. The number of hydrogen-bond donors (Lipinski definition) is 1. The van der Waals surface area contributed by atoms with Crippen molar-refractivity contribution in [2.45, 2.75) is 6.54 Å². The van der Waals surface area contributed by atoms with Gasteiger partial charge in [-0.3, -0.25) is 29.4 Å². The van der Waals surface area contributed by atoms with Crippen LogP contribution in [0.3, 0.4) is 0 Å². The van der Waals surface area contributed by atoms with Crippen LogP contribution >= 0.6 is 11.8 Å². The van der Waals surface area contributed by atoms with E-state index in [0.717, 1.165) is 16.7 Å². The van der Waals surface area contributed by atoms with Crippen molar-refractivity contribution in [3.63, 3.8) is 0 Å². The number of nitrogens with one attached hydrogen (secondary N) is 1. The molecule has 39 heavy (non-hydrogen) atoms. The van der Waals surface area contributed by atoms with Crippen molar-refractivity contribution in [2.24, 2.45) is 0 Å². The fourth-order valence-corrected chi connectivity index (χ4v) is 4.50. The van der Waals surface area contributed by atoms with Crippen LogP contribution < -0.4 is 19.5 Å². The highest BCUT2D eigenvalue weighted by Gasteiger charge is 2.35. The Hall–Kier alpha value is -4.84. The number of thioether (sulfide) groups is 1. The number of methoxy groups -OCH3 is 2. The van der Waals surface area contributed by atoms with Gasteiger partial charge >= 0.3 is 0 Å². The summed E-state index contributed by atoms with van der Waals surface area (Å²) in [6, 6.07) is 17.5. The number of nitrogens with zero attached hydrogens (tertiary/aromatic N) is 2. The molecular weight excluding hydrogens is 526 g/mol. The number of para-hydroxylation sites is 2. The molecule has 0 unspecified atom stereocenters. The predicted molar refractivity (Wildman–Crippen MR) is 145 cm³/mol. The SMILES string of the molecule is COc1ccccc1NC(=O)COc1ccc(C=C2SC(=O)N(Cc3ccc([N+](=O)[O-])cc3)C2=O)cc1OC. The van der Waals surface area contributed by atoms with E-state index in [2.05, 4.69) is 5.32 Å². The van der Waals surface area contributed by atoms with E-state index in [1.165, 1.54) is 38.5 Å². The third-order valence-corrected chi connectivity index (χ3v) is 6.49. The normalized spacial score (nSPS) is 13.9. The number of carbonyl (C=O) groups is 3. The zero-order chi connectivity index (χ0) is 27.9. The number of imide groups is 1. The summed E-state index contributed by atoms with van der Waals surface area (Å²) in [4.78, 5) is 49.4. The predicted octanol–water partition coefficient (Wildman–Crippen LogP) is 4.87. The van der Waals surface area contributed by atoms with Crippen LogP contribution in [0.4, 0.5) is 16.2 Å². The summed E-state index contributed by atoms with van der Waals surface area (Å²) in [5, 5.41) is 13.1. The first kappa shape index (κ1) is 27.2. The van der Waals surface area contributed by atoms with Crippen LogP contribution in [0.5, 0.6) is 17.2 Å². The second-order valence-corrected chi connectivity index (χ2v) is 9.13. The van der Waals surface area contributed by atoms with E-state index >= 15 is 0 Å². The average Bonchev–Trinajstić information content (AvgIpc) is 3.20. The van der Waals surface area contributed by atoms with E-state index in [-0.39, 0.29) is 23.7 Å². The van der Waals surface area contributed by atoms with Crippen molar-refractivity contribution in [1.29, 1.82) is 0 Å². The first-order chi connectivity index (χ1) is 18.8. The van der Waals surface area contributed by atoms with Crippen LogP contribution in [0.1, 0.15) is 11.1 Å². The van der Waals surface area contributed by atoms with Crippen LogP contribution in [0, 0.1) is 10.1 Å². The largest absolute Gasteiger partial charge is 0.495 e. The molecule has 0 bridgehead atoms. The molecule has 1 N–H and O–H groups in total. The molecule has 0 atom stereocenters. The fraction of sp³-hybridized carbons (Fsp3) is 0.148. The van der Waals surface area contributed by atoms with E-state index in [4.69, 9.17) is 14.2 Å². The number of hydrogen-bond acceptors (Lipinski definition) is 9. The molecular formula is C27H23N3O8S. The first-order valence-corrected chi connectivity index (χ1v) is 12.3. The zero-order valence-corrected chi connectivity index (χ0v) is 21.7. The molecule has 3 aromatic carbocycles. The molecule has 1 fully saturated rings. The Morgan fingerprint density at radius 3 is 2.41 bits per heavy atom. The lowest BCUT2D eigenvalue weighted by Crippen LogP contribution is -2.27. The van der Waals surface area contributed by atoms with Crippen LogP contribution in [-0.2, 0) is 16.1 Å². The number of benzene rings is 3. The smallest absolute Gasteiger partial charge is 0.293 e. The second-order valence-electron chi connectivity index (χ2n) is 8.14. The number of ether oxygens (including phenoxy) is 3. The van der Waals surface area contributed by atoms with Gasteiger partial charge in [0.05, 0.1) is 36.3 Å². The minimum absolute atomic E-state index is 0.00692. The summed E-state index contributed by atoms with van der Waals surface area (Å²) in [6.45, 7) is -0.289. The van der Waals surface area contributed by atoms with Crippen molar-refractivity contribution in [3.05, 3.63) is 92.9 Å². The Kier molecular flexibility index (Phi) is 8.46. The molecule has 0 saturated carbocycles. The maximum Gasteiger partial charge on any atom is 0.293 e. The molecule has 1 saturated heterocycles. The molecule has 200 valence electrons. The van der Waals surface area contributed by atoms with Crippen molar-refractivity contribution in [3.8, 4) is 17.2 Å². The minimum atomic E-state index is -0.520. The lowest BCUT2D eigenvalue weighted by Gasteiger charge is -2.13. The van der Waals surface area contributed by atoms with Crippen molar-refractivity contribution in [2.75, 3.05) is 26.1 Å². The Morgan fingerprint density at radius 2 is 1.72 bits per heavy atom. The van der Waals surface area contributed by atoms with Gasteiger partial charge in [-0.25, -0.2) is 0 Å². The highest BCUT2D eigenvalue weighted by molar-refractivity contribution is 8.18. The van der Waals surface area contributed by atoms with Gasteiger partial charge in [-0.2, -0.15) is 0 Å². The van der Waals surface area contributed by atoms with Gasteiger partial charge in [0.25, 0.3) is 22.7 Å². The Labute approximate surface area is 227 Å². The standard InChI is InChI=1S/C27H23N3O8S/c1-36-21-6-4-3-5-20(21)28-25(31)16-38-22-12-9-18(13-23(22)37-2)14-24-26(32)29(27(33)39-24)15-17-7-10-19(11-8-17)30(34)35/h3-14H,15-16H2,1-2H3,(H,28,31). The van der Waals surface area contributed by atoms with Gasteiger partial charge in [0.15, 0.2) is 18.1 Å². The summed E-state index contributed by atoms with van der Waals surface area (Å²) in [5.74, 6) is 0.294. The molecule has 3 amide bonds. The molecule has 0 aromatic heterocycles. The number of non-ortho nitro benzene ring substituents is 1. The van der Waals surface area contributed by atoms with Gasteiger partial charge in [0.2, 0.25) is 0 Å². The number of rotatable bonds is 10. The van der Waals surface area contributed by atoms with Crippen molar-refractivity contribution < 1.29 is 33.5 Å². The molecule has 0 radical (unpaired) electrons. The molecule has 0 aliphatic carbocycles. The quantitative estimate of drug-likeness (QED) is 0.213. The number of amides is 3. The number of nitro groups is 1. The molecule has 1 aliphatic rings. The third-order valence-electron chi connectivity index (χ3n) is 5.59. The number of anilines is 1. The summed E-state index contributed by atoms with van der Waals surface area (Å²) in [5.41, 5.74) is 1.60. The van der Waals surface area contributed by atoms with E-state index < -0.39 is 22.0 Å². The molecule has 4 rings (SSSR count). The second kappa shape index (κ2) is 12.1. The van der Waals surface area contributed by atoms with E-state index in [9.17, 15) is 24.5 Å². The summed E-state index contributed by atoms with van der Waals surface area (Å²) < 4.78 is 16.2. The lowest BCUT2D eigenvalue weighted by atomic mass is 10.1. The molecule has 11 nitrogen and oxygen atoms in total. The Balaban J connectivity index is 1.41. The fourth-order valence-electron chi connectivity index (χ4n) is 3.66. The lowest BCUT2D eigenvalue weighted by molar-refractivity contribution is -0.384. The molecule has 0 spiro atoms. The van der Waals surface area contributed by atoms with Crippen molar-refractivity contribution >= 4 is 46.3 Å². The molecule has 12 heteroatoms. The zero-order valence-electron chi connectivity index (χ0n) is 20.9. The molecule has 1 heterocycles. The summed E-state index contributed by atoms with van der Waals surface area (Å²) in [7, 11) is 2.95. The van der Waals surface area contributed by atoms with Crippen LogP contribution in [0.2, 0.25) is 0 Å². The average molecular weight is 550 g/mol. The maximum absolute atomic E-state index is 12.9. The van der Waals surface area contributed by atoms with E-state index in [1.54, 1.807) is 48.5 Å². The van der Waals surface area contributed by atoms with E-state index in [1.807, 2.05) is 0 Å². The minimum Gasteiger partial charge on any atom is -0.495 e. The highest BCUT2D eigenvalue weighted by atomic mass is 32.2. The van der Waals surface area contributed by atoms with E-state index in [0.29, 0.717) is 34.1 Å². The molecule has 1 aliphatic heterocycles. The Bertz CT molecular complexity index is 1460. The van der Waals surface area contributed by atoms with Gasteiger partial charge in [-0.1, -0.05) is 30.3 Å². The monoisotopic (exact) mass is 549 g/mol. The number of nitro benzene ring substituents is 1. The summed E-state index contributed by atoms with van der Waals surface area (Å²) in [6.07, 6.45) is 1.56. The van der Waals surface area contributed by atoms with Crippen LogP contribution in [0.15, 0.2) is 71.6 Å².